The second-order valence-corrected chi connectivity index (χ2v) is 5.59. The van der Waals surface area contributed by atoms with E-state index in [4.69, 9.17) is 10.8 Å². The van der Waals surface area contributed by atoms with Crippen molar-refractivity contribution in [3.63, 3.8) is 0 Å². The number of nitrogens with two attached hydrogens (primary N) is 1. The molecule has 18 heavy (non-hydrogen) atoms. The van der Waals surface area contributed by atoms with Crippen LogP contribution in [0.5, 0.6) is 0 Å². The van der Waals surface area contributed by atoms with E-state index in [1.807, 2.05) is 0 Å². The number of aliphatic carboxylic acids is 1. The highest BCUT2D eigenvalue weighted by Gasteiger charge is 2.57. The number of β-lactam (4-membered cyclic amide) rings is 1. The molecule has 1 fully saturated rings. The molecule has 0 saturated carbocycles. The van der Waals surface area contributed by atoms with Crippen LogP contribution in [0.2, 0.25) is 0 Å². The van der Waals surface area contributed by atoms with Crippen LogP contribution in [0, 0.1) is 5.92 Å². The molecule has 2 rings (SSSR count). The lowest BCUT2D eigenvalue weighted by Crippen LogP contribution is -2.61. The minimum absolute atomic E-state index is 0.0142. The van der Waals surface area contributed by atoms with E-state index in [0.29, 0.717) is 23.6 Å². The first kappa shape index (κ1) is 13.4. The van der Waals surface area contributed by atoms with E-state index in [2.05, 4.69) is 0 Å². The van der Waals surface area contributed by atoms with Gasteiger partial charge in [0, 0.05) is 23.6 Å². The molecule has 3 atom stereocenters. The van der Waals surface area contributed by atoms with Crippen molar-refractivity contribution in [1.29, 1.82) is 0 Å². The molecular weight excluding hydrogens is 259 g/mol. The average Bonchev–Trinajstić information content (AvgIpc) is 2.60. The molecule has 0 aliphatic carbocycles. The van der Waals surface area contributed by atoms with Crippen LogP contribution in [0.4, 0.5) is 4.39 Å². The van der Waals surface area contributed by atoms with Gasteiger partial charge in [0.05, 0.1) is 12.0 Å². The molecule has 100 valence electrons. The Bertz CT molecular complexity index is 425. The third-order valence-electron chi connectivity index (χ3n) is 3.26. The summed E-state index contributed by atoms with van der Waals surface area (Å²) in [5.41, 5.74) is 5.40. The fourth-order valence-corrected chi connectivity index (χ4v) is 3.49. The highest BCUT2D eigenvalue weighted by molar-refractivity contribution is 8.03. The predicted octanol–water partition coefficient (Wildman–Crippen LogP) is 0.563. The monoisotopic (exact) mass is 274 g/mol. The molecule has 2 aliphatic heterocycles. The molecular formula is C11H15FN2O3S. The zero-order valence-corrected chi connectivity index (χ0v) is 10.7. The molecule has 2 heterocycles. The molecule has 0 aromatic heterocycles. The number of nitrogens with zero attached hydrogens (tertiary/aromatic N) is 1. The molecule has 1 saturated heterocycles. The Morgan fingerprint density at radius 1 is 1.72 bits per heavy atom. The maximum atomic E-state index is 13.3. The summed E-state index contributed by atoms with van der Waals surface area (Å²) in [5.74, 6) is -1.65. The van der Waals surface area contributed by atoms with Gasteiger partial charge < -0.3 is 15.7 Å². The maximum Gasteiger partial charge on any atom is 0.353 e. The summed E-state index contributed by atoms with van der Waals surface area (Å²) in [7, 11) is 0. The minimum atomic E-state index is -1.24. The van der Waals surface area contributed by atoms with Gasteiger partial charge in [0.1, 0.15) is 11.9 Å². The number of carbonyl (C=O) groups excluding carboxylic acids is 1. The first-order valence-electron chi connectivity index (χ1n) is 5.75. The van der Waals surface area contributed by atoms with Crippen molar-refractivity contribution in [2.75, 3.05) is 12.3 Å². The molecule has 1 amide bonds. The van der Waals surface area contributed by atoms with E-state index in [1.165, 1.54) is 23.6 Å². The lowest BCUT2D eigenvalue weighted by atomic mass is 9.84. The van der Waals surface area contributed by atoms with E-state index in [-0.39, 0.29) is 11.7 Å². The number of halogens is 1. The zero-order valence-electron chi connectivity index (χ0n) is 9.93. The molecule has 0 aromatic rings. The molecule has 7 heteroatoms. The van der Waals surface area contributed by atoms with Crippen molar-refractivity contribution in [3.8, 4) is 0 Å². The Morgan fingerprint density at radius 3 is 2.89 bits per heavy atom. The van der Waals surface area contributed by atoms with Gasteiger partial charge >= 0.3 is 5.97 Å². The van der Waals surface area contributed by atoms with Crippen LogP contribution in [0.3, 0.4) is 0 Å². The van der Waals surface area contributed by atoms with Gasteiger partial charge in [0.25, 0.3) is 0 Å². The van der Waals surface area contributed by atoms with Gasteiger partial charge in [0.15, 0.2) is 0 Å². The quantitative estimate of drug-likeness (QED) is 0.716. The van der Waals surface area contributed by atoms with E-state index in [0.717, 1.165) is 0 Å². The number of hydrogen-bond donors (Lipinski definition) is 2. The first-order chi connectivity index (χ1) is 8.49. The van der Waals surface area contributed by atoms with Gasteiger partial charge in [-0.05, 0) is 6.92 Å². The number of carboxylic acid groups (broad SMARTS) is 1. The third kappa shape index (κ3) is 1.91. The SMILES string of the molecule is CC(F)C1C(=O)N2C(C(=O)O)=C(SCCN)CC12. The van der Waals surface area contributed by atoms with Gasteiger partial charge in [-0.15, -0.1) is 11.8 Å². The average molecular weight is 274 g/mol. The third-order valence-corrected chi connectivity index (χ3v) is 4.41. The fraction of sp³-hybridized carbons (Fsp3) is 0.636. The van der Waals surface area contributed by atoms with Gasteiger partial charge in [-0.1, -0.05) is 0 Å². The van der Waals surface area contributed by atoms with E-state index >= 15 is 0 Å². The summed E-state index contributed by atoms with van der Waals surface area (Å²) >= 11 is 1.34. The van der Waals surface area contributed by atoms with Crippen LogP contribution in [-0.2, 0) is 9.59 Å². The first-order valence-corrected chi connectivity index (χ1v) is 6.74. The van der Waals surface area contributed by atoms with E-state index in [1.54, 1.807) is 0 Å². The topological polar surface area (TPSA) is 83.6 Å². The number of rotatable bonds is 5. The fourth-order valence-electron chi connectivity index (χ4n) is 2.52. The Kier molecular flexibility index (Phi) is 3.63. The van der Waals surface area contributed by atoms with Gasteiger partial charge in [-0.2, -0.15) is 0 Å². The lowest BCUT2D eigenvalue weighted by Gasteiger charge is -2.43. The summed E-state index contributed by atoms with van der Waals surface area (Å²) in [6, 6.07) is -0.330. The van der Waals surface area contributed by atoms with Crippen LogP contribution >= 0.6 is 11.8 Å². The number of fused-ring (bicyclic) bond motifs is 1. The number of carboxylic acids is 1. The minimum Gasteiger partial charge on any atom is -0.477 e. The van der Waals surface area contributed by atoms with Gasteiger partial charge in [-0.25, -0.2) is 9.18 Å². The second kappa shape index (κ2) is 4.89. The van der Waals surface area contributed by atoms with Crippen LogP contribution in [-0.4, -0.2) is 46.4 Å². The van der Waals surface area contributed by atoms with Crippen molar-refractivity contribution in [3.05, 3.63) is 10.6 Å². The molecule has 2 aliphatic rings. The molecule has 0 aromatic carbocycles. The zero-order chi connectivity index (χ0) is 13.4. The summed E-state index contributed by atoms with van der Waals surface area (Å²) < 4.78 is 13.3. The molecule has 0 bridgehead atoms. The van der Waals surface area contributed by atoms with Crippen molar-refractivity contribution >= 4 is 23.6 Å². The maximum absolute atomic E-state index is 13.3. The summed E-state index contributed by atoms with van der Waals surface area (Å²) in [4.78, 5) is 24.8. The Morgan fingerprint density at radius 2 is 2.39 bits per heavy atom. The van der Waals surface area contributed by atoms with Crippen molar-refractivity contribution in [2.45, 2.75) is 25.6 Å². The van der Waals surface area contributed by atoms with E-state index in [9.17, 15) is 14.0 Å². The molecule has 3 N–H and O–H groups in total. The van der Waals surface area contributed by atoms with Crippen LogP contribution in [0.1, 0.15) is 13.3 Å². The van der Waals surface area contributed by atoms with Gasteiger partial charge in [-0.3, -0.25) is 4.79 Å². The number of hydrogen-bond acceptors (Lipinski definition) is 4. The van der Waals surface area contributed by atoms with Crippen LogP contribution in [0.15, 0.2) is 10.6 Å². The number of carbonyl (C=O) groups is 2. The Labute approximate surface area is 108 Å². The van der Waals surface area contributed by atoms with Gasteiger partial charge in [0.2, 0.25) is 5.91 Å². The van der Waals surface area contributed by atoms with Crippen LogP contribution in [0.25, 0.3) is 0 Å². The molecule has 5 nitrogen and oxygen atoms in total. The highest BCUT2D eigenvalue weighted by atomic mass is 32.2. The summed E-state index contributed by atoms with van der Waals surface area (Å²) in [5, 5.41) is 9.16. The largest absolute Gasteiger partial charge is 0.477 e. The highest BCUT2D eigenvalue weighted by Crippen LogP contribution is 2.47. The number of thioether (sulfide) groups is 1. The lowest BCUT2D eigenvalue weighted by molar-refractivity contribution is -0.158. The van der Waals surface area contributed by atoms with Crippen molar-refractivity contribution < 1.29 is 19.1 Å². The van der Waals surface area contributed by atoms with Crippen molar-refractivity contribution in [2.24, 2.45) is 11.7 Å². The van der Waals surface area contributed by atoms with Crippen molar-refractivity contribution in [1.82, 2.24) is 4.90 Å². The Balaban J connectivity index is 2.21. The summed E-state index contributed by atoms with van der Waals surface area (Å²) in [6.07, 6.45) is -0.815. The van der Waals surface area contributed by atoms with Crippen LogP contribution < -0.4 is 5.73 Å². The smallest absolute Gasteiger partial charge is 0.353 e. The second-order valence-electron chi connectivity index (χ2n) is 4.40. The number of amides is 1. The number of alkyl halides is 1. The molecule has 0 radical (unpaired) electrons. The molecule has 3 unspecified atom stereocenters. The summed E-state index contributed by atoms with van der Waals surface area (Å²) in [6.45, 7) is 1.77. The predicted molar refractivity (Wildman–Crippen MR) is 65.5 cm³/mol. The van der Waals surface area contributed by atoms with E-state index < -0.39 is 24.0 Å². The standard InChI is InChI=1S/C11H15FN2O3S/c1-5(12)8-6-4-7(18-3-2-13)9(11(16)17)14(6)10(8)15/h5-6,8H,2-4,13H2,1H3,(H,16,17). The molecule has 0 spiro atoms. The normalized spacial score (nSPS) is 28.2. The Hall–Kier alpha value is -1.08.